The second kappa shape index (κ2) is 10.5. The van der Waals surface area contributed by atoms with Crippen LogP contribution in [0, 0.1) is 5.92 Å². The lowest BCUT2D eigenvalue weighted by molar-refractivity contribution is 0.101. The molecule has 2 aromatic carbocycles. The molecule has 4 rings (SSSR count). The van der Waals surface area contributed by atoms with Crippen LogP contribution < -0.4 is 5.32 Å². The van der Waals surface area contributed by atoms with E-state index >= 15 is 0 Å². The molecule has 2 N–H and O–H groups in total. The Morgan fingerprint density at radius 1 is 1.12 bits per heavy atom. The third kappa shape index (κ3) is 5.32. The van der Waals surface area contributed by atoms with Gasteiger partial charge in [0.1, 0.15) is 0 Å². The number of carbonyl (C=O) groups excluding carboxylic acids is 1. The van der Waals surface area contributed by atoms with Crippen LogP contribution >= 0.6 is 23.2 Å². The molecule has 34 heavy (non-hydrogen) atoms. The van der Waals surface area contributed by atoms with Gasteiger partial charge in [0.25, 0.3) is 0 Å². The fourth-order valence-corrected chi connectivity index (χ4v) is 5.28. The summed E-state index contributed by atoms with van der Waals surface area (Å²) in [4.78, 5) is 19.4. The monoisotopic (exact) mass is 499 g/mol. The Labute approximate surface area is 211 Å². The van der Waals surface area contributed by atoms with Gasteiger partial charge >= 0.3 is 0 Å². The minimum atomic E-state index is -0.128. The molecular weight excluding hydrogens is 469 g/mol. The van der Waals surface area contributed by atoms with E-state index in [0.29, 0.717) is 11.6 Å². The summed E-state index contributed by atoms with van der Waals surface area (Å²) in [6, 6.07) is 9.58. The molecule has 0 aliphatic heterocycles. The number of nitrogens with one attached hydrogen (secondary N) is 1. The first kappa shape index (κ1) is 24.8. The number of benzene rings is 2. The molecule has 5 nitrogen and oxygen atoms in total. The number of hydrogen-bond acceptors (Lipinski definition) is 5. The summed E-state index contributed by atoms with van der Waals surface area (Å²) < 4.78 is 0. The topological polar surface area (TPSA) is 65.5 Å². The fraction of sp³-hybridized carbons (Fsp3) is 0.407. The second-order valence-corrected chi connectivity index (χ2v) is 10.2. The van der Waals surface area contributed by atoms with E-state index in [1.54, 1.807) is 25.3 Å². The largest absolute Gasteiger partial charge is 0.505 e. The normalized spacial score (nSPS) is 18.4. The summed E-state index contributed by atoms with van der Waals surface area (Å²) in [6.07, 6.45) is 6.17. The van der Waals surface area contributed by atoms with Gasteiger partial charge < -0.3 is 15.3 Å². The number of anilines is 1. The third-order valence-corrected chi connectivity index (χ3v) is 7.48. The van der Waals surface area contributed by atoms with Crippen molar-refractivity contribution in [1.82, 2.24) is 9.88 Å². The first-order valence-electron chi connectivity index (χ1n) is 11.8. The molecule has 0 radical (unpaired) electrons. The van der Waals surface area contributed by atoms with E-state index in [1.165, 1.54) is 12.8 Å². The maximum atomic E-state index is 12.5. The van der Waals surface area contributed by atoms with E-state index in [4.69, 9.17) is 23.2 Å². The number of carbonyl (C=O) groups is 1. The van der Waals surface area contributed by atoms with E-state index in [-0.39, 0.29) is 21.6 Å². The zero-order chi connectivity index (χ0) is 24.4. The van der Waals surface area contributed by atoms with E-state index in [2.05, 4.69) is 29.2 Å². The van der Waals surface area contributed by atoms with Gasteiger partial charge in [-0.1, -0.05) is 36.2 Å². The average Bonchev–Trinajstić information content (AvgIpc) is 2.83. The Hall–Kier alpha value is -2.34. The van der Waals surface area contributed by atoms with Crippen molar-refractivity contribution in [1.29, 1.82) is 0 Å². The van der Waals surface area contributed by atoms with Crippen molar-refractivity contribution >= 4 is 45.6 Å². The predicted molar refractivity (Wildman–Crippen MR) is 141 cm³/mol. The summed E-state index contributed by atoms with van der Waals surface area (Å²) in [5, 5.41) is 14.9. The van der Waals surface area contributed by atoms with Gasteiger partial charge in [-0.05, 0) is 87.5 Å². The minimum Gasteiger partial charge on any atom is -0.505 e. The molecule has 1 aliphatic rings. The lowest BCUT2D eigenvalue weighted by Gasteiger charge is -2.32. The highest BCUT2D eigenvalue weighted by Crippen LogP contribution is 2.38. The van der Waals surface area contributed by atoms with Gasteiger partial charge in [-0.15, -0.1) is 0 Å². The molecule has 1 heterocycles. The summed E-state index contributed by atoms with van der Waals surface area (Å²) in [5.41, 5.74) is 3.91. The maximum absolute atomic E-state index is 12.5. The zero-order valence-electron chi connectivity index (χ0n) is 19.9. The molecule has 1 aromatic heterocycles. The summed E-state index contributed by atoms with van der Waals surface area (Å²) in [7, 11) is 2.18. The molecule has 0 spiro atoms. The smallest absolute Gasteiger partial charge is 0.163 e. The van der Waals surface area contributed by atoms with Crippen molar-refractivity contribution in [2.75, 3.05) is 25.5 Å². The van der Waals surface area contributed by atoms with Crippen molar-refractivity contribution in [2.45, 2.75) is 45.6 Å². The molecule has 180 valence electrons. The number of rotatable bonds is 7. The number of phenols is 1. The third-order valence-electron chi connectivity index (χ3n) is 6.90. The molecule has 1 aliphatic carbocycles. The Morgan fingerprint density at radius 3 is 2.41 bits per heavy atom. The molecule has 0 bridgehead atoms. The molecule has 3 aromatic rings. The van der Waals surface area contributed by atoms with E-state index in [9.17, 15) is 9.90 Å². The number of phenolic OH excluding ortho intramolecular Hbond substituents is 1. The highest BCUT2D eigenvalue weighted by molar-refractivity contribution is 6.37. The first-order chi connectivity index (χ1) is 16.3. The van der Waals surface area contributed by atoms with Crippen molar-refractivity contribution < 1.29 is 9.90 Å². The number of nitrogens with zero attached hydrogens (tertiary/aromatic N) is 2. The van der Waals surface area contributed by atoms with Crippen molar-refractivity contribution in [3.8, 4) is 16.9 Å². The van der Waals surface area contributed by atoms with Crippen LogP contribution in [-0.4, -0.2) is 47.0 Å². The summed E-state index contributed by atoms with van der Waals surface area (Å²) in [6.45, 7) is 5.98. The number of aromatic nitrogens is 1. The number of halogens is 2. The molecule has 0 atom stereocenters. The van der Waals surface area contributed by atoms with Crippen LogP contribution in [0.15, 0.2) is 36.5 Å². The van der Waals surface area contributed by atoms with Crippen LogP contribution in [0.25, 0.3) is 22.0 Å². The Balaban J connectivity index is 1.67. The Morgan fingerprint density at radius 2 is 1.79 bits per heavy atom. The van der Waals surface area contributed by atoms with E-state index < -0.39 is 0 Å². The molecule has 1 saturated carbocycles. The van der Waals surface area contributed by atoms with Crippen molar-refractivity contribution in [3.05, 3.63) is 52.1 Å². The molecule has 0 amide bonds. The highest BCUT2D eigenvalue weighted by Gasteiger charge is 2.24. The molecule has 0 unspecified atom stereocenters. The van der Waals surface area contributed by atoms with Crippen LogP contribution in [0.2, 0.25) is 10.0 Å². The molecule has 1 fully saturated rings. The Kier molecular flexibility index (Phi) is 7.66. The van der Waals surface area contributed by atoms with Crippen molar-refractivity contribution in [2.24, 2.45) is 5.92 Å². The van der Waals surface area contributed by atoms with Crippen molar-refractivity contribution in [3.63, 3.8) is 0 Å². The van der Waals surface area contributed by atoms with Crippen LogP contribution in [0.4, 0.5) is 5.69 Å². The number of pyridine rings is 1. The molecule has 7 heteroatoms. The summed E-state index contributed by atoms with van der Waals surface area (Å²) in [5.74, 6) is 0.577. The van der Waals surface area contributed by atoms with Gasteiger partial charge in [0, 0.05) is 24.2 Å². The number of hydrogen-bond donors (Lipinski definition) is 2. The van der Waals surface area contributed by atoms with Crippen LogP contribution in [0.3, 0.4) is 0 Å². The number of ketones is 1. The number of fused-ring (bicyclic) bond motifs is 1. The first-order valence-corrected chi connectivity index (χ1v) is 12.6. The lowest BCUT2D eigenvalue weighted by atomic mass is 9.85. The van der Waals surface area contributed by atoms with Gasteiger partial charge in [-0.25, -0.2) is 0 Å². The zero-order valence-corrected chi connectivity index (χ0v) is 21.4. The quantitative estimate of drug-likeness (QED) is 0.341. The van der Waals surface area contributed by atoms with E-state index in [1.807, 2.05) is 18.2 Å². The SMILES string of the molecule is CCN(C)CC1CCC(Nc2c(C(C)=O)cnc3ccc(-c4cc(Cl)c(O)c(Cl)c4)cc23)CC1. The van der Waals surface area contributed by atoms with Crippen LogP contribution in [-0.2, 0) is 0 Å². The predicted octanol–water partition coefficient (Wildman–Crippen LogP) is 7.04. The summed E-state index contributed by atoms with van der Waals surface area (Å²) >= 11 is 12.3. The van der Waals surface area contributed by atoms with Crippen LogP contribution in [0.1, 0.15) is 49.9 Å². The molecular formula is C27H31Cl2N3O2. The standard InChI is InChI=1S/C27H31Cl2N3O2/c1-4-32(3)15-17-5-8-20(9-6-17)31-26-21-11-18(19-12-23(28)27(34)24(29)13-19)7-10-25(21)30-14-22(26)16(2)33/h7,10-14,17,20,34H,4-6,8-9,15H2,1-3H3,(H,30,31). The number of aromatic hydroxyl groups is 1. The van der Waals surface area contributed by atoms with Gasteiger partial charge in [-0.3, -0.25) is 9.78 Å². The number of Topliss-reactive ketones (excluding diaryl/α,β-unsaturated/α-hetero) is 1. The highest BCUT2D eigenvalue weighted by atomic mass is 35.5. The van der Waals surface area contributed by atoms with Gasteiger partial charge in [0.15, 0.2) is 11.5 Å². The van der Waals surface area contributed by atoms with E-state index in [0.717, 1.165) is 59.6 Å². The lowest BCUT2D eigenvalue weighted by Crippen LogP contribution is -2.32. The van der Waals surface area contributed by atoms with Gasteiger partial charge in [-0.2, -0.15) is 0 Å². The second-order valence-electron chi connectivity index (χ2n) is 9.34. The Bertz CT molecular complexity index is 1180. The fourth-order valence-electron chi connectivity index (χ4n) is 4.79. The average molecular weight is 500 g/mol. The maximum Gasteiger partial charge on any atom is 0.163 e. The van der Waals surface area contributed by atoms with Gasteiger partial charge in [0.2, 0.25) is 0 Å². The minimum absolute atomic E-state index is 0.0173. The van der Waals surface area contributed by atoms with Gasteiger partial charge in [0.05, 0.1) is 26.8 Å². The van der Waals surface area contributed by atoms with Crippen LogP contribution in [0.5, 0.6) is 5.75 Å². The molecule has 0 saturated heterocycles.